The number of pyridine rings is 1. The van der Waals surface area contributed by atoms with Gasteiger partial charge in [-0.2, -0.15) is 9.41 Å². The van der Waals surface area contributed by atoms with Crippen LogP contribution in [0, 0.1) is 0 Å². The van der Waals surface area contributed by atoms with Crippen molar-refractivity contribution < 1.29 is 17.9 Å². The van der Waals surface area contributed by atoms with Crippen molar-refractivity contribution in [2.45, 2.75) is 44.7 Å². The Morgan fingerprint density at radius 1 is 1.10 bits per heavy atom. The summed E-state index contributed by atoms with van der Waals surface area (Å²) in [6.45, 7) is 7.36. The van der Waals surface area contributed by atoms with Crippen molar-refractivity contribution in [3.8, 4) is 0 Å². The highest BCUT2D eigenvalue weighted by Crippen LogP contribution is 2.21. The molecular weight excluding hydrogens is 392 g/mol. The Bertz CT molecular complexity index is 945. The van der Waals surface area contributed by atoms with Crippen molar-refractivity contribution in [2.75, 3.05) is 12.5 Å². The molecule has 1 aromatic carbocycles. The van der Waals surface area contributed by atoms with E-state index >= 15 is 0 Å². The van der Waals surface area contributed by atoms with Gasteiger partial charge in [0, 0.05) is 18.3 Å². The van der Waals surface area contributed by atoms with E-state index < -0.39 is 16.0 Å². The number of carbonyl (C=O) groups excluding carboxylic acids is 1. The Balaban J connectivity index is 2.07. The maximum absolute atomic E-state index is 12.8. The molecule has 0 atom stereocenters. The van der Waals surface area contributed by atoms with Crippen molar-refractivity contribution in [3.05, 3.63) is 53.7 Å². The summed E-state index contributed by atoms with van der Waals surface area (Å²) in [6, 6.07) is 9.48. The molecule has 1 heterocycles. The molecule has 2 aromatic rings. The smallest absolute Gasteiger partial charge is 0.337 e. The molecule has 1 aromatic heterocycles. The first-order chi connectivity index (χ1) is 13.7. The summed E-state index contributed by atoms with van der Waals surface area (Å²) in [6.07, 6.45) is 2.88. The number of nitrogens with zero attached hydrogens (tertiary/aromatic N) is 3. The van der Waals surface area contributed by atoms with Crippen LogP contribution in [0.4, 0.5) is 5.82 Å². The highest BCUT2D eigenvalue weighted by Gasteiger charge is 2.29. The third-order valence-electron chi connectivity index (χ3n) is 4.05. The molecule has 0 bridgehead atoms. The van der Waals surface area contributed by atoms with Crippen LogP contribution < -0.4 is 5.43 Å². The number of aromatic nitrogens is 1. The number of nitrogens with one attached hydrogen (secondary N) is 1. The Labute approximate surface area is 171 Å². The molecule has 0 spiro atoms. The van der Waals surface area contributed by atoms with E-state index in [1.807, 2.05) is 27.7 Å². The minimum Gasteiger partial charge on any atom is -0.465 e. The van der Waals surface area contributed by atoms with Crippen LogP contribution in [0.15, 0.2) is 52.6 Å². The second-order valence-corrected chi connectivity index (χ2v) is 8.73. The molecule has 2 rings (SSSR count). The molecule has 0 aliphatic rings. The topological polar surface area (TPSA) is 101 Å². The zero-order valence-electron chi connectivity index (χ0n) is 17.2. The lowest BCUT2D eigenvalue weighted by Gasteiger charge is -2.29. The van der Waals surface area contributed by atoms with Crippen LogP contribution in [0.1, 0.15) is 43.6 Å². The van der Waals surface area contributed by atoms with Crippen molar-refractivity contribution in [1.29, 1.82) is 0 Å². The molecule has 8 nitrogen and oxygen atoms in total. The zero-order valence-corrected chi connectivity index (χ0v) is 18.0. The molecule has 0 amide bonds. The lowest BCUT2D eigenvalue weighted by atomic mass is 10.1. The van der Waals surface area contributed by atoms with E-state index in [4.69, 9.17) is 0 Å². The van der Waals surface area contributed by atoms with Gasteiger partial charge in [-0.05, 0) is 57.5 Å². The Kier molecular flexibility index (Phi) is 7.46. The molecule has 0 aliphatic carbocycles. The number of rotatable bonds is 8. The minimum atomic E-state index is -3.63. The number of hydrogen-bond acceptors (Lipinski definition) is 7. The number of methoxy groups -OCH3 is 1. The first kappa shape index (κ1) is 22.5. The first-order valence-corrected chi connectivity index (χ1v) is 10.6. The second-order valence-electron chi connectivity index (χ2n) is 6.89. The summed E-state index contributed by atoms with van der Waals surface area (Å²) in [5.41, 5.74) is 3.98. The lowest BCUT2D eigenvalue weighted by molar-refractivity contribution is 0.0600. The summed E-state index contributed by atoms with van der Waals surface area (Å²) in [5.74, 6) is 0.00591. The standard InChI is InChI=1S/C20H26N4O4S/c1-14(2)24(15(3)4)29(26,27)18-10-11-19(21-13-18)23-22-12-16-6-8-17(9-7-16)20(25)28-5/h6-15H,1-5H3,(H,21,23)/b22-12-. The summed E-state index contributed by atoms with van der Waals surface area (Å²) >= 11 is 0. The van der Waals surface area contributed by atoms with E-state index in [-0.39, 0.29) is 17.0 Å². The molecular formula is C20H26N4O4S. The van der Waals surface area contributed by atoms with Gasteiger partial charge in [0.15, 0.2) is 0 Å². The quantitative estimate of drug-likeness (QED) is 0.402. The number of hydrogen-bond donors (Lipinski definition) is 1. The maximum atomic E-state index is 12.8. The number of ether oxygens (including phenoxy) is 1. The third kappa shape index (κ3) is 5.61. The summed E-state index contributed by atoms with van der Waals surface area (Å²) in [7, 11) is -2.30. The Morgan fingerprint density at radius 2 is 1.72 bits per heavy atom. The predicted molar refractivity (Wildman–Crippen MR) is 113 cm³/mol. The molecule has 0 aliphatic heterocycles. The van der Waals surface area contributed by atoms with Gasteiger partial charge in [0.05, 0.1) is 18.9 Å². The molecule has 0 saturated carbocycles. The molecule has 9 heteroatoms. The number of hydrazone groups is 1. The molecule has 156 valence electrons. The second kappa shape index (κ2) is 9.62. The first-order valence-electron chi connectivity index (χ1n) is 9.14. The van der Waals surface area contributed by atoms with E-state index in [9.17, 15) is 13.2 Å². The fraction of sp³-hybridized carbons (Fsp3) is 0.350. The number of anilines is 1. The summed E-state index contributed by atoms with van der Waals surface area (Å²) in [4.78, 5) is 15.7. The highest BCUT2D eigenvalue weighted by atomic mass is 32.2. The zero-order chi connectivity index (χ0) is 21.6. The molecule has 29 heavy (non-hydrogen) atoms. The Morgan fingerprint density at radius 3 is 2.21 bits per heavy atom. The largest absolute Gasteiger partial charge is 0.465 e. The van der Waals surface area contributed by atoms with E-state index in [2.05, 4.69) is 20.2 Å². The summed E-state index contributed by atoms with van der Waals surface area (Å²) < 4.78 is 31.8. The van der Waals surface area contributed by atoms with Crippen LogP contribution in [-0.2, 0) is 14.8 Å². The van der Waals surface area contributed by atoms with Gasteiger partial charge < -0.3 is 4.74 Å². The lowest BCUT2D eigenvalue weighted by Crippen LogP contribution is -2.41. The average Bonchev–Trinajstić information content (AvgIpc) is 2.67. The van der Waals surface area contributed by atoms with Gasteiger partial charge in [-0.3, -0.25) is 5.43 Å². The third-order valence-corrected chi connectivity index (χ3v) is 6.29. The van der Waals surface area contributed by atoms with Crippen molar-refractivity contribution >= 4 is 28.0 Å². The van der Waals surface area contributed by atoms with E-state index in [0.29, 0.717) is 11.4 Å². The molecule has 0 radical (unpaired) electrons. The van der Waals surface area contributed by atoms with E-state index in [0.717, 1.165) is 5.56 Å². The summed E-state index contributed by atoms with van der Waals surface area (Å²) in [5, 5.41) is 4.08. The van der Waals surface area contributed by atoms with Gasteiger partial charge in [-0.15, -0.1) is 0 Å². The molecule has 0 fully saturated rings. The average molecular weight is 419 g/mol. The van der Waals surface area contributed by atoms with Gasteiger partial charge in [-0.1, -0.05) is 12.1 Å². The van der Waals surface area contributed by atoms with Crippen molar-refractivity contribution in [2.24, 2.45) is 5.10 Å². The van der Waals surface area contributed by atoms with Crippen molar-refractivity contribution in [1.82, 2.24) is 9.29 Å². The number of esters is 1. The van der Waals surface area contributed by atoms with Crippen LogP contribution in [-0.4, -0.2) is 49.1 Å². The predicted octanol–water partition coefficient (Wildman–Crippen LogP) is 3.12. The van der Waals surface area contributed by atoms with Crippen LogP contribution in [0.25, 0.3) is 0 Å². The van der Waals surface area contributed by atoms with Gasteiger partial charge in [0.2, 0.25) is 10.0 Å². The SMILES string of the molecule is COC(=O)c1ccc(/C=N\Nc2ccc(S(=O)(=O)N(C(C)C)C(C)C)cn2)cc1. The van der Waals surface area contributed by atoms with E-state index in [1.54, 1.807) is 36.5 Å². The van der Waals surface area contributed by atoms with Crippen LogP contribution in [0.3, 0.4) is 0 Å². The normalized spacial score (nSPS) is 12.1. The molecule has 0 saturated heterocycles. The fourth-order valence-corrected chi connectivity index (χ4v) is 4.65. The van der Waals surface area contributed by atoms with Gasteiger partial charge in [0.25, 0.3) is 0 Å². The monoisotopic (exact) mass is 418 g/mol. The van der Waals surface area contributed by atoms with Crippen LogP contribution in [0.5, 0.6) is 0 Å². The van der Waals surface area contributed by atoms with Gasteiger partial charge >= 0.3 is 5.97 Å². The molecule has 1 N–H and O–H groups in total. The number of benzene rings is 1. The van der Waals surface area contributed by atoms with Gasteiger partial charge in [-0.25, -0.2) is 18.2 Å². The van der Waals surface area contributed by atoms with Crippen LogP contribution >= 0.6 is 0 Å². The highest BCUT2D eigenvalue weighted by molar-refractivity contribution is 7.89. The Hall–Kier alpha value is -2.78. The van der Waals surface area contributed by atoms with E-state index in [1.165, 1.54) is 23.7 Å². The fourth-order valence-electron chi connectivity index (χ4n) is 2.87. The minimum absolute atomic E-state index is 0.132. The van der Waals surface area contributed by atoms with Crippen LogP contribution in [0.2, 0.25) is 0 Å². The number of carbonyl (C=O) groups is 1. The maximum Gasteiger partial charge on any atom is 0.337 e. The number of sulfonamides is 1. The van der Waals surface area contributed by atoms with Crippen molar-refractivity contribution in [3.63, 3.8) is 0 Å². The van der Waals surface area contributed by atoms with Gasteiger partial charge in [0.1, 0.15) is 10.7 Å². The molecule has 0 unspecified atom stereocenters.